The summed E-state index contributed by atoms with van der Waals surface area (Å²) in [4.78, 5) is 11.9. The summed E-state index contributed by atoms with van der Waals surface area (Å²) >= 11 is 5.91. The zero-order valence-corrected chi connectivity index (χ0v) is 13.0. The number of alkyl carbamates (subject to hydrolysis) is 1. The fourth-order valence-corrected chi connectivity index (χ4v) is 2.39. The van der Waals surface area contributed by atoms with Crippen molar-refractivity contribution >= 4 is 17.7 Å². The van der Waals surface area contributed by atoms with E-state index in [1.807, 2.05) is 37.3 Å². The van der Waals surface area contributed by atoms with Gasteiger partial charge in [-0.3, -0.25) is 0 Å². The maximum Gasteiger partial charge on any atom is 0.408 e. The van der Waals surface area contributed by atoms with Gasteiger partial charge in [0.2, 0.25) is 0 Å². The molecule has 0 spiro atoms. The van der Waals surface area contributed by atoms with Gasteiger partial charge in [-0.05, 0) is 35.7 Å². The number of halogens is 1. The first-order valence-electron chi connectivity index (χ1n) is 6.94. The van der Waals surface area contributed by atoms with Gasteiger partial charge >= 0.3 is 6.09 Å². The molecule has 1 atom stereocenters. The summed E-state index contributed by atoms with van der Waals surface area (Å²) in [5.41, 5.74) is 2.61. The summed E-state index contributed by atoms with van der Waals surface area (Å²) in [6.45, 7) is 1.84. The van der Waals surface area contributed by atoms with Crippen LogP contribution in [-0.4, -0.2) is 17.8 Å². The van der Waals surface area contributed by atoms with Crippen LogP contribution in [-0.2, 0) is 11.3 Å². The van der Waals surface area contributed by atoms with Crippen LogP contribution in [0.2, 0.25) is 5.02 Å². The Morgan fingerprint density at radius 3 is 2.64 bits per heavy atom. The predicted molar refractivity (Wildman–Crippen MR) is 85.8 cm³/mol. The van der Waals surface area contributed by atoms with Crippen LogP contribution in [0.5, 0.6) is 0 Å². The van der Waals surface area contributed by atoms with Gasteiger partial charge in [0.1, 0.15) is 6.61 Å². The van der Waals surface area contributed by atoms with Crippen molar-refractivity contribution < 1.29 is 14.6 Å². The molecule has 2 aromatic carbocycles. The fourth-order valence-electron chi connectivity index (χ4n) is 2.16. The lowest BCUT2D eigenvalue weighted by Gasteiger charge is -2.18. The molecule has 0 aliphatic rings. The Hall–Kier alpha value is -2.04. The van der Waals surface area contributed by atoms with E-state index in [1.54, 1.807) is 18.2 Å². The Morgan fingerprint density at radius 1 is 1.27 bits per heavy atom. The number of aryl methyl sites for hydroxylation is 1. The number of nitrogens with one attached hydrogen (secondary N) is 1. The van der Waals surface area contributed by atoms with E-state index in [0.29, 0.717) is 5.02 Å². The van der Waals surface area contributed by atoms with Crippen LogP contribution < -0.4 is 5.32 Å². The van der Waals surface area contributed by atoms with Crippen molar-refractivity contribution in [2.75, 3.05) is 6.61 Å². The normalized spacial score (nSPS) is 11.8. The lowest BCUT2D eigenvalue weighted by atomic mass is 10.0. The van der Waals surface area contributed by atoms with E-state index in [1.165, 1.54) is 0 Å². The molecule has 0 aliphatic carbocycles. The van der Waals surface area contributed by atoms with Crippen molar-refractivity contribution in [3.05, 3.63) is 70.2 Å². The average molecular weight is 320 g/mol. The van der Waals surface area contributed by atoms with Crippen LogP contribution in [0, 0.1) is 6.92 Å². The van der Waals surface area contributed by atoms with E-state index in [0.717, 1.165) is 16.7 Å². The molecule has 0 aromatic heterocycles. The summed E-state index contributed by atoms with van der Waals surface area (Å²) < 4.78 is 5.16. The van der Waals surface area contributed by atoms with Crippen molar-refractivity contribution in [2.45, 2.75) is 19.6 Å². The van der Waals surface area contributed by atoms with Gasteiger partial charge in [-0.1, -0.05) is 48.0 Å². The quantitative estimate of drug-likeness (QED) is 0.885. The first-order valence-corrected chi connectivity index (χ1v) is 7.32. The summed E-state index contributed by atoms with van der Waals surface area (Å²) in [5.74, 6) is 0. The molecule has 1 unspecified atom stereocenters. The third-order valence-corrected chi connectivity index (χ3v) is 3.53. The Kier molecular flexibility index (Phi) is 5.81. The minimum Gasteiger partial charge on any atom is -0.445 e. The van der Waals surface area contributed by atoms with Crippen molar-refractivity contribution in [3.8, 4) is 0 Å². The lowest BCUT2D eigenvalue weighted by Crippen LogP contribution is -2.31. The molecular formula is C17H18ClNO3. The molecule has 2 aromatic rings. The van der Waals surface area contributed by atoms with Crippen molar-refractivity contribution in [2.24, 2.45) is 0 Å². The smallest absolute Gasteiger partial charge is 0.408 e. The third-order valence-electron chi connectivity index (χ3n) is 3.29. The zero-order valence-electron chi connectivity index (χ0n) is 12.3. The number of aliphatic hydroxyl groups excluding tert-OH is 1. The van der Waals surface area contributed by atoms with Crippen molar-refractivity contribution in [3.63, 3.8) is 0 Å². The highest BCUT2D eigenvalue weighted by Crippen LogP contribution is 2.21. The lowest BCUT2D eigenvalue weighted by molar-refractivity contribution is 0.129. The highest BCUT2D eigenvalue weighted by molar-refractivity contribution is 6.30. The molecule has 2 rings (SSSR count). The van der Waals surface area contributed by atoms with E-state index in [2.05, 4.69) is 5.32 Å². The largest absolute Gasteiger partial charge is 0.445 e. The van der Waals surface area contributed by atoms with E-state index < -0.39 is 12.1 Å². The van der Waals surface area contributed by atoms with Crippen LogP contribution in [0.15, 0.2) is 48.5 Å². The van der Waals surface area contributed by atoms with Crippen LogP contribution in [0.4, 0.5) is 4.79 Å². The Balaban J connectivity index is 1.96. The highest BCUT2D eigenvalue weighted by Gasteiger charge is 2.16. The Morgan fingerprint density at radius 2 is 2.00 bits per heavy atom. The van der Waals surface area contributed by atoms with Crippen LogP contribution in [0.3, 0.4) is 0 Å². The summed E-state index contributed by atoms with van der Waals surface area (Å²) in [6.07, 6.45) is -0.572. The molecule has 2 N–H and O–H groups in total. The Labute approximate surface area is 134 Å². The molecule has 0 fully saturated rings. The minimum atomic E-state index is -0.572. The number of aliphatic hydroxyl groups is 1. The average Bonchev–Trinajstić information content (AvgIpc) is 2.52. The summed E-state index contributed by atoms with van der Waals surface area (Å²) in [5, 5.41) is 12.8. The predicted octanol–water partition coefficient (Wildman–Crippen LogP) is 3.61. The molecule has 0 bridgehead atoms. The fraction of sp³-hybridized carbons (Fsp3) is 0.235. The number of rotatable bonds is 5. The molecule has 5 heteroatoms. The Bertz CT molecular complexity index is 631. The number of amides is 1. The topological polar surface area (TPSA) is 58.6 Å². The number of carbonyl (C=O) groups excluding carboxylic acids is 1. The molecule has 116 valence electrons. The molecule has 0 saturated carbocycles. The maximum absolute atomic E-state index is 11.9. The number of benzene rings is 2. The van der Waals surface area contributed by atoms with Gasteiger partial charge in [-0.25, -0.2) is 4.79 Å². The first kappa shape index (κ1) is 16.3. The minimum absolute atomic E-state index is 0.185. The second-order valence-electron chi connectivity index (χ2n) is 4.94. The summed E-state index contributed by atoms with van der Waals surface area (Å²) in [6, 6.07) is 14.2. The van der Waals surface area contributed by atoms with E-state index in [-0.39, 0.29) is 13.2 Å². The van der Waals surface area contributed by atoms with Crippen LogP contribution in [0.25, 0.3) is 0 Å². The highest BCUT2D eigenvalue weighted by atomic mass is 35.5. The first-order chi connectivity index (χ1) is 10.6. The molecule has 0 saturated heterocycles. The number of ether oxygens (including phenoxy) is 1. The molecule has 0 heterocycles. The second-order valence-corrected chi connectivity index (χ2v) is 5.38. The molecule has 1 amide bonds. The van der Waals surface area contributed by atoms with Gasteiger partial charge in [-0.15, -0.1) is 0 Å². The molecule has 0 radical (unpaired) electrons. The maximum atomic E-state index is 11.9. The van der Waals surface area contributed by atoms with Crippen molar-refractivity contribution in [1.29, 1.82) is 0 Å². The molecular weight excluding hydrogens is 302 g/mol. The standard InChI is InChI=1S/C17H18ClNO3/c1-12-9-14(18)7-8-15(12)16(10-20)19-17(21)22-11-13-5-3-2-4-6-13/h2-9,16,20H,10-11H2,1H3,(H,19,21). The van der Waals surface area contributed by atoms with E-state index in [4.69, 9.17) is 16.3 Å². The van der Waals surface area contributed by atoms with Gasteiger partial charge in [0.05, 0.1) is 12.6 Å². The van der Waals surface area contributed by atoms with Crippen LogP contribution >= 0.6 is 11.6 Å². The zero-order chi connectivity index (χ0) is 15.9. The third kappa shape index (κ3) is 4.48. The van der Waals surface area contributed by atoms with E-state index in [9.17, 15) is 9.90 Å². The van der Waals surface area contributed by atoms with E-state index >= 15 is 0 Å². The van der Waals surface area contributed by atoms with Gasteiger partial charge in [-0.2, -0.15) is 0 Å². The van der Waals surface area contributed by atoms with Gasteiger partial charge in [0, 0.05) is 5.02 Å². The number of hydrogen-bond acceptors (Lipinski definition) is 3. The monoisotopic (exact) mass is 319 g/mol. The van der Waals surface area contributed by atoms with Crippen LogP contribution in [0.1, 0.15) is 22.7 Å². The molecule has 22 heavy (non-hydrogen) atoms. The number of hydrogen-bond donors (Lipinski definition) is 2. The number of carbonyl (C=O) groups is 1. The van der Waals surface area contributed by atoms with Gasteiger partial charge in [0.25, 0.3) is 0 Å². The van der Waals surface area contributed by atoms with Crippen molar-refractivity contribution in [1.82, 2.24) is 5.32 Å². The summed E-state index contributed by atoms with van der Waals surface area (Å²) in [7, 11) is 0. The SMILES string of the molecule is Cc1cc(Cl)ccc1C(CO)NC(=O)OCc1ccccc1. The molecule has 4 nitrogen and oxygen atoms in total. The second kappa shape index (κ2) is 7.82. The molecule has 0 aliphatic heterocycles. The van der Waals surface area contributed by atoms with Gasteiger partial charge in [0.15, 0.2) is 0 Å². The van der Waals surface area contributed by atoms with Gasteiger partial charge < -0.3 is 15.2 Å².